The van der Waals surface area contributed by atoms with Crippen LogP contribution in [-0.2, 0) is 4.79 Å². The number of carbonyl (C=O) groups is 1. The molecule has 0 saturated carbocycles. The van der Waals surface area contributed by atoms with Crippen molar-refractivity contribution in [2.75, 3.05) is 12.5 Å². The van der Waals surface area contributed by atoms with Crippen molar-refractivity contribution in [3.05, 3.63) is 29.3 Å². The molecule has 0 fully saturated rings. The van der Waals surface area contributed by atoms with Crippen LogP contribution in [0.25, 0.3) is 0 Å². The van der Waals surface area contributed by atoms with E-state index in [1.807, 2.05) is 13.8 Å². The molecular weight excluding hydrogens is 261 g/mol. The molecule has 0 unspecified atom stereocenters. The minimum atomic E-state index is -0.429. The van der Waals surface area contributed by atoms with E-state index in [1.54, 1.807) is 24.3 Å². The molecule has 0 radical (unpaired) electrons. The number of carbonyl (C=O) groups excluding carboxylic acids is 1. The lowest BCUT2D eigenvalue weighted by molar-refractivity contribution is -0.124. The highest BCUT2D eigenvalue weighted by Gasteiger charge is 2.18. The zero-order valence-electron chi connectivity index (χ0n) is 9.80. The Hall–Kier alpha value is -0.930. The van der Waals surface area contributed by atoms with Crippen molar-refractivity contribution in [3.8, 4) is 5.75 Å². The Balaban J connectivity index is 2.41. The van der Waals surface area contributed by atoms with Crippen molar-refractivity contribution in [1.82, 2.24) is 5.32 Å². The number of alkyl halides is 1. The van der Waals surface area contributed by atoms with Crippen molar-refractivity contribution in [1.29, 1.82) is 0 Å². The summed E-state index contributed by atoms with van der Waals surface area (Å²) in [5, 5.41) is 3.40. The minimum absolute atomic E-state index is 0.0397. The summed E-state index contributed by atoms with van der Waals surface area (Å²) in [6.07, 6.45) is 0. The lowest BCUT2D eigenvalue weighted by Crippen LogP contribution is -2.46. The van der Waals surface area contributed by atoms with Crippen LogP contribution < -0.4 is 10.1 Å². The maximum atomic E-state index is 11.5. The van der Waals surface area contributed by atoms with Crippen molar-refractivity contribution in [2.45, 2.75) is 19.4 Å². The monoisotopic (exact) mass is 275 g/mol. The Bertz CT molecular complexity index is 377. The fourth-order valence-electron chi connectivity index (χ4n) is 1.13. The molecule has 1 rings (SSSR count). The first-order valence-corrected chi connectivity index (χ1v) is 6.09. The van der Waals surface area contributed by atoms with Crippen LogP contribution in [-0.4, -0.2) is 23.9 Å². The number of hydrogen-bond acceptors (Lipinski definition) is 2. The van der Waals surface area contributed by atoms with Crippen LogP contribution in [0.1, 0.15) is 13.8 Å². The Morgan fingerprint density at radius 2 is 1.94 bits per heavy atom. The zero-order valence-corrected chi connectivity index (χ0v) is 11.3. The van der Waals surface area contributed by atoms with Gasteiger partial charge in [0.25, 0.3) is 5.91 Å². The summed E-state index contributed by atoms with van der Waals surface area (Å²) in [7, 11) is 0. The number of hydrogen-bond donors (Lipinski definition) is 1. The van der Waals surface area contributed by atoms with Gasteiger partial charge in [0.2, 0.25) is 0 Å². The van der Waals surface area contributed by atoms with Crippen molar-refractivity contribution < 1.29 is 9.53 Å². The lowest BCUT2D eigenvalue weighted by atomic mass is 10.1. The summed E-state index contributed by atoms with van der Waals surface area (Å²) in [6, 6.07) is 6.83. The van der Waals surface area contributed by atoms with Crippen LogP contribution >= 0.6 is 23.2 Å². The SMILES string of the molecule is CC(C)(CCl)NC(=O)COc1ccc(Cl)cc1. The van der Waals surface area contributed by atoms with Crippen LogP contribution in [0, 0.1) is 0 Å². The number of ether oxygens (including phenoxy) is 1. The Morgan fingerprint density at radius 1 is 1.35 bits per heavy atom. The Kier molecular flexibility index (Phi) is 5.09. The van der Waals surface area contributed by atoms with Crippen LogP contribution in [0.15, 0.2) is 24.3 Å². The van der Waals surface area contributed by atoms with Crippen LogP contribution in [0.4, 0.5) is 0 Å². The van der Waals surface area contributed by atoms with Gasteiger partial charge in [-0.1, -0.05) is 11.6 Å². The molecule has 0 spiro atoms. The van der Waals surface area contributed by atoms with Gasteiger partial charge in [-0.15, -0.1) is 11.6 Å². The molecule has 0 saturated heterocycles. The minimum Gasteiger partial charge on any atom is -0.484 e. The molecule has 94 valence electrons. The quantitative estimate of drug-likeness (QED) is 0.840. The first kappa shape index (κ1) is 14.1. The summed E-state index contributed by atoms with van der Waals surface area (Å²) in [4.78, 5) is 11.5. The highest BCUT2D eigenvalue weighted by molar-refractivity contribution is 6.30. The van der Waals surface area contributed by atoms with Crippen molar-refractivity contribution in [3.63, 3.8) is 0 Å². The fourth-order valence-corrected chi connectivity index (χ4v) is 1.32. The molecule has 1 amide bonds. The molecule has 1 N–H and O–H groups in total. The molecule has 1 aromatic carbocycles. The number of halogens is 2. The fraction of sp³-hybridized carbons (Fsp3) is 0.417. The van der Waals surface area contributed by atoms with E-state index in [9.17, 15) is 4.79 Å². The van der Waals surface area contributed by atoms with E-state index in [0.717, 1.165) is 0 Å². The summed E-state index contributed by atoms with van der Waals surface area (Å²) in [5.41, 5.74) is -0.429. The van der Waals surface area contributed by atoms with Crippen molar-refractivity contribution in [2.24, 2.45) is 0 Å². The second-order valence-corrected chi connectivity index (χ2v) is 5.01. The molecule has 0 aliphatic rings. The number of rotatable bonds is 5. The smallest absolute Gasteiger partial charge is 0.258 e. The summed E-state index contributed by atoms with van der Waals surface area (Å²) < 4.78 is 5.30. The van der Waals surface area contributed by atoms with E-state index < -0.39 is 5.54 Å². The van der Waals surface area contributed by atoms with E-state index in [0.29, 0.717) is 16.7 Å². The summed E-state index contributed by atoms with van der Waals surface area (Å²) in [6.45, 7) is 3.66. The molecule has 0 aromatic heterocycles. The molecule has 17 heavy (non-hydrogen) atoms. The summed E-state index contributed by atoms with van der Waals surface area (Å²) in [5.74, 6) is 0.749. The highest BCUT2D eigenvalue weighted by Crippen LogP contribution is 2.15. The number of benzene rings is 1. The first-order chi connectivity index (χ1) is 7.93. The maximum Gasteiger partial charge on any atom is 0.258 e. The topological polar surface area (TPSA) is 38.3 Å². The Labute approximate surface area is 111 Å². The van der Waals surface area contributed by atoms with Crippen LogP contribution in [0.3, 0.4) is 0 Å². The summed E-state index contributed by atoms with van der Waals surface area (Å²) >= 11 is 11.4. The molecule has 3 nitrogen and oxygen atoms in total. The highest BCUT2D eigenvalue weighted by atomic mass is 35.5. The molecular formula is C12H15Cl2NO2. The zero-order chi connectivity index (χ0) is 12.9. The number of amides is 1. The average molecular weight is 276 g/mol. The molecule has 0 atom stereocenters. The normalized spacial score (nSPS) is 11.1. The van der Waals surface area contributed by atoms with E-state index in [2.05, 4.69) is 5.32 Å². The van der Waals surface area contributed by atoms with E-state index in [-0.39, 0.29) is 12.5 Å². The first-order valence-electron chi connectivity index (χ1n) is 5.18. The number of nitrogens with one attached hydrogen (secondary N) is 1. The average Bonchev–Trinajstić information content (AvgIpc) is 2.28. The van der Waals surface area contributed by atoms with E-state index in [1.165, 1.54) is 0 Å². The van der Waals surface area contributed by atoms with Gasteiger partial charge < -0.3 is 10.1 Å². The van der Waals surface area contributed by atoms with Gasteiger partial charge in [0.05, 0.1) is 0 Å². The largest absolute Gasteiger partial charge is 0.484 e. The van der Waals surface area contributed by atoms with Gasteiger partial charge in [-0.05, 0) is 38.1 Å². The standard InChI is InChI=1S/C12H15Cl2NO2/c1-12(2,8-13)15-11(16)7-17-10-5-3-9(14)4-6-10/h3-6H,7-8H2,1-2H3,(H,15,16). The molecule has 0 aliphatic carbocycles. The van der Waals surface area contributed by atoms with Crippen LogP contribution in [0.2, 0.25) is 5.02 Å². The van der Waals surface area contributed by atoms with Crippen molar-refractivity contribution >= 4 is 29.1 Å². The predicted octanol–water partition coefficient (Wildman–Crippen LogP) is 2.85. The molecule has 1 aromatic rings. The molecule has 0 heterocycles. The van der Waals surface area contributed by atoms with Gasteiger partial charge in [-0.25, -0.2) is 0 Å². The second-order valence-electron chi connectivity index (χ2n) is 4.31. The van der Waals surface area contributed by atoms with E-state index >= 15 is 0 Å². The van der Waals surface area contributed by atoms with Gasteiger partial charge in [0.15, 0.2) is 6.61 Å². The third kappa shape index (κ3) is 5.29. The third-order valence-electron chi connectivity index (χ3n) is 2.00. The molecule has 5 heteroatoms. The van der Waals surface area contributed by atoms with Gasteiger partial charge in [0.1, 0.15) is 5.75 Å². The third-order valence-corrected chi connectivity index (χ3v) is 2.92. The second kappa shape index (κ2) is 6.12. The van der Waals surface area contributed by atoms with Crippen LogP contribution in [0.5, 0.6) is 5.75 Å². The van der Waals surface area contributed by atoms with Gasteiger partial charge in [0, 0.05) is 16.4 Å². The van der Waals surface area contributed by atoms with Gasteiger partial charge >= 0.3 is 0 Å². The Morgan fingerprint density at radius 3 is 2.47 bits per heavy atom. The predicted molar refractivity (Wildman–Crippen MR) is 69.9 cm³/mol. The van der Waals surface area contributed by atoms with Gasteiger partial charge in [-0.3, -0.25) is 4.79 Å². The lowest BCUT2D eigenvalue weighted by Gasteiger charge is -2.23. The van der Waals surface area contributed by atoms with E-state index in [4.69, 9.17) is 27.9 Å². The maximum absolute atomic E-state index is 11.5. The molecule has 0 aliphatic heterocycles. The molecule has 0 bridgehead atoms. The van der Waals surface area contributed by atoms with Gasteiger partial charge in [-0.2, -0.15) is 0 Å².